The lowest BCUT2D eigenvalue weighted by Crippen LogP contribution is -2.16. The lowest BCUT2D eigenvalue weighted by Gasteiger charge is -2.09. The number of carboxylic acids is 1. The minimum Gasteiger partial charge on any atom is -0.481 e. The minimum atomic E-state index is -0.791. The average molecular weight is 265 g/mol. The number of hydrogen-bond acceptors (Lipinski definition) is 4. The molecule has 4 nitrogen and oxygen atoms in total. The van der Waals surface area contributed by atoms with Crippen LogP contribution in [0, 0.1) is 0 Å². The molecule has 2 N–H and O–H groups in total. The second-order valence-electron chi connectivity index (χ2n) is 4.06. The van der Waals surface area contributed by atoms with Crippen LogP contribution < -0.4 is 5.32 Å². The smallest absolute Gasteiger partial charge is 0.308 e. The number of nitrogens with one attached hydrogen (secondary N) is 1. The molecule has 0 bridgehead atoms. The van der Waals surface area contributed by atoms with Gasteiger partial charge in [0.15, 0.2) is 0 Å². The van der Waals surface area contributed by atoms with E-state index in [0.29, 0.717) is 6.54 Å². The summed E-state index contributed by atoms with van der Waals surface area (Å²) in [4.78, 5) is 12.6. The molecule has 96 valence electrons. The van der Waals surface area contributed by atoms with Gasteiger partial charge in [-0.05, 0) is 31.2 Å². The minimum absolute atomic E-state index is 0.0956. The number of furan rings is 1. The molecular weight excluding hydrogens is 250 g/mol. The molecule has 0 unspecified atom stereocenters. The number of thiophene rings is 1. The summed E-state index contributed by atoms with van der Waals surface area (Å²) in [6.45, 7) is 2.75. The van der Waals surface area contributed by atoms with E-state index in [4.69, 9.17) is 9.52 Å². The lowest BCUT2D eigenvalue weighted by molar-refractivity contribution is -0.136. The van der Waals surface area contributed by atoms with E-state index in [-0.39, 0.29) is 12.5 Å². The van der Waals surface area contributed by atoms with Crippen LogP contribution in [0.4, 0.5) is 0 Å². The van der Waals surface area contributed by atoms with Crippen LogP contribution >= 0.6 is 11.3 Å². The summed E-state index contributed by atoms with van der Waals surface area (Å²) < 4.78 is 5.30. The second-order valence-corrected chi connectivity index (χ2v) is 5.31. The highest BCUT2D eigenvalue weighted by atomic mass is 32.1. The van der Waals surface area contributed by atoms with Crippen LogP contribution in [0.5, 0.6) is 0 Å². The third-order valence-electron chi connectivity index (χ3n) is 2.60. The van der Waals surface area contributed by atoms with E-state index < -0.39 is 5.97 Å². The van der Waals surface area contributed by atoms with E-state index >= 15 is 0 Å². The van der Waals surface area contributed by atoms with E-state index in [2.05, 4.69) is 5.32 Å². The van der Waals surface area contributed by atoms with Crippen molar-refractivity contribution in [3.63, 3.8) is 0 Å². The normalized spacial score (nSPS) is 12.5. The van der Waals surface area contributed by atoms with Crippen molar-refractivity contribution in [2.24, 2.45) is 0 Å². The maximum Gasteiger partial charge on any atom is 0.308 e. The third kappa shape index (κ3) is 3.45. The zero-order chi connectivity index (χ0) is 13.0. The largest absolute Gasteiger partial charge is 0.481 e. The summed E-state index contributed by atoms with van der Waals surface area (Å²) >= 11 is 1.53. The van der Waals surface area contributed by atoms with E-state index in [1.807, 2.05) is 31.2 Å². The SMILES string of the molecule is C[C@@H](NCc1ccc(CC(=O)O)s1)c1ccco1. The standard InChI is InChI=1S/C13H15NO3S/c1-9(12-3-2-6-17-12)14-8-11-5-4-10(18-11)7-13(15)16/h2-6,9,14H,7-8H2,1H3,(H,15,16)/t9-/m1/s1. The molecule has 5 heteroatoms. The van der Waals surface area contributed by atoms with Crippen molar-refractivity contribution >= 4 is 17.3 Å². The maximum atomic E-state index is 10.6. The fourth-order valence-electron chi connectivity index (χ4n) is 1.65. The number of carboxylic acid groups (broad SMARTS) is 1. The molecule has 0 aliphatic heterocycles. The van der Waals surface area contributed by atoms with Gasteiger partial charge in [0.25, 0.3) is 0 Å². The highest BCUT2D eigenvalue weighted by Crippen LogP contribution is 2.19. The van der Waals surface area contributed by atoms with Crippen LogP contribution in [0.3, 0.4) is 0 Å². The van der Waals surface area contributed by atoms with Crippen LogP contribution in [0.2, 0.25) is 0 Å². The van der Waals surface area contributed by atoms with Gasteiger partial charge in [0, 0.05) is 16.3 Å². The topological polar surface area (TPSA) is 62.5 Å². The van der Waals surface area contributed by atoms with Crippen molar-refractivity contribution in [2.45, 2.75) is 25.9 Å². The Labute approximate surface area is 109 Å². The van der Waals surface area contributed by atoms with Crippen molar-refractivity contribution in [3.05, 3.63) is 46.0 Å². The molecule has 0 fully saturated rings. The number of hydrogen-bond donors (Lipinski definition) is 2. The third-order valence-corrected chi connectivity index (χ3v) is 3.68. The molecule has 2 rings (SSSR count). The summed E-state index contributed by atoms with van der Waals surface area (Å²) in [5.41, 5.74) is 0. The van der Waals surface area contributed by atoms with Gasteiger partial charge >= 0.3 is 5.97 Å². The molecule has 2 heterocycles. The Bertz CT molecular complexity index is 504. The Morgan fingerprint density at radius 1 is 1.44 bits per heavy atom. The summed E-state index contributed by atoms with van der Waals surface area (Å²) in [6, 6.07) is 7.77. The molecule has 0 saturated heterocycles. The molecule has 2 aromatic heterocycles. The van der Waals surface area contributed by atoms with Crippen LogP contribution in [0.1, 0.15) is 28.5 Å². The molecule has 1 atom stereocenters. The second kappa shape index (κ2) is 5.84. The fourth-order valence-corrected chi connectivity index (χ4v) is 2.61. The quantitative estimate of drug-likeness (QED) is 0.843. The molecule has 0 radical (unpaired) electrons. The molecule has 0 amide bonds. The van der Waals surface area contributed by atoms with Gasteiger partial charge in [-0.1, -0.05) is 0 Å². The maximum absolute atomic E-state index is 10.6. The monoisotopic (exact) mass is 265 g/mol. The molecule has 2 aromatic rings. The van der Waals surface area contributed by atoms with Crippen LogP contribution in [0.15, 0.2) is 34.9 Å². The van der Waals surface area contributed by atoms with Crippen molar-refractivity contribution in [1.29, 1.82) is 0 Å². The van der Waals surface area contributed by atoms with E-state index in [0.717, 1.165) is 15.5 Å². The fraction of sp³-hybridized carbons (Fsp3) is 0.308. The Morgan fingerprint density at radius 2 is 2.22 bits per heavy atom. The molecule has 0 aliphatic rings. The Hall–Kier alpha value is -1.59. The van der Waals surface area contributed by atoms with E-state index in [9.17, 15) is 4.79 Å². The van der Waals surface area contributed by atoms with Gasteiger partial charge in [-0.15, -0.1) is 11.3 Å². The molecule has 0 spiro atoms. The van der Waals surface area contributed by atoms with Crippen molar-refractivity contribution in [1.82, 2.24) is 5.32 Å². The summed E-state index contributed by atoms with van der Waals surface area (Å²) in [6.07, 6.45) is 1.75. The molecule has 18 heavy (non-hydrogen) atoms. The summed E-state index contributed by atoms with van der Waals surface area (Å²) in [5.74, 6) is 0.109. The first-order valence-electron chi connectivity index (χ1n) is 5.71. The summed E-state index contributed by atoms with van der Waals surface area (Å²) in [7, 11) is 0. The first kappa shape index (κ1) is 12.9. The van der Waals surface area contributed by atoms with Gasteiger partial charge in [0.1, 0.15) is 5.76 Å². The van der Waals surface area contributed by atoms with Crippen LogP contribution in [-0.4, -0.2) is 11.1 Å². The van der Waals surface area contributed by atoms with Gasteiger partial charge in [-0.2, -0.15) is 0 Å². The predicted molar refractivity (Wildman–Crippen MR) is 69.6 cm³/mol. The van der Waals surface area contributed by atoms with Crippen LogP contribution in [-0.2, 0) is 17.8 Å². The molecular formula is C13H15NO3S. The highest BCUT2D eigenvalue weighted by molar-refractivity contribution is 7.12. The van der Waals surface area contributed by atoms with E-state index in [1.165, 1.54) is 11.3 Å². The number of carbonyl (C=O) groups is 1. The van der Waals surface area contributed by atoms with Gasteiger partial charge in [-0.25, -0.2) is 0 Å². The first-order valence-corrected chi connectivity index (χ1v) is 6.53. The van der Waals surface area contributed by atoms with Crippen molar-refractivity contribution in [2.75, 3.05) is 0 Å². The Kier molecular flexibility index (Phi) is 4.17. The van der Waals surface area contributed by atoms with Crippen LogP contribution in [0.25, 0.3) is 0 Å². The van der Waals surface area contributed by atoms with Gasteiger partial charge in [0.2, 0.25) is 0 Å². The Balaban J connectivity index is 1.86. The Morgan fingerprint density at radius 3 is 2.89 bits per heavy atom. The number of aliphatic carboxylic acids is 1. The zero-order valence-corrected chi connectivity index (χ0v) is 10.9. The van der Waals surface area contributed by atoms with Crippen molar-refractivity contribution in [3.8, 4) is 0 Å². The van der Waals surface area contributed by atoms with Gasteiger partial charge in [-0.3, -0.25) is 4.79 Å². The lowest BCUT2D eigenvalue weighted by atomic mass is 10.2. The predicted octanol–water partition coefficient (Wildman–Crippen LogP) is 2.82. The highest BCUT2D eigenvalue weighted by Gasteiger charge is 2.09. The van der Waals surface area contributed by atoms with Crippen molar-refractivity contribution < 1.29 is 14.3 Å². The molecule has 0 aromatic carbocycles. The first-order chi connectivity index (χ1) is 8.65. The molecule has 0 aliphatic carbocycles. The summed E-state index contributed by atoms with van der Waals surface area (Å²) in [5, 5.41) is 12.0. The molecule has 0 saturated carbocycles. The van der Waals surface area contributed by atoms with Gasteiger partial charge < -0.3 is 14.8 Å². The van der Waals surface area contributed by atoms with Gasteiger partial charge in [0.05, 0.1) is 18.7 Å². The zero-order valence-electron chi connectivity index (χ0n) is 10.1. The van der Waals surface area contributed by atoms with E-state index in [1.54, 1.807) is 6.26 Å². The average Bonchev–Trinajstić information content (AvgIpc) is 2.95. The number of rotatable bonds is 6.